The van der Waals surface area contributed by atoms with Gasteiger partial charge >= 0.3 is 6.18 Å². The maximum atomic E-state index is 12.7. The first-order valence-corrected chi connectivity index (χ1v) is 10.1. The molecule has 29 heavy (non-hydrogen) atoms. The van der Waals surface area contributed by atoms with Crippen molar-refractivity contribution in [2.75, 3.05) is 6.54 Å². The summed E-state index contributed by atoms with van der Waals surface area (Å²) in [5, 5.41) is 0. The zero-order chi connectivity index (χ0) is 20.6. The highest BCUT2D eigenvalue weighted by Gasteiger charge is 2.30. The minimum Gasteiger partial charge on any atom is -0.294 e. The van der Waals surface area contributed by atoms with E-state index in [1.165, 1.54) is 23.3 Å². The first-order valence-electron chi connectivity index (χ1n) is 9.29. The Balaban J connectivity index is 1.50. The van der Waals surface area contributed by atoms with Crippen molar-refractivity contribution in [1.82, 2.24) is 14.9 Å². The van der Waals surface area contributed by atoms with E-state index < -0.39 is 11.7 Å². The third-order valence-electron chi connectivity index (χ3n) is 5.09. The second-order valence-corrected chi connectivity index (χ2v) is 8.15. The monoisotopic (exact) mass is 461 g/mol. The molecule has 4 rings (SSSR count). The van der Waals surface area contributed by atoms with E-state index in [1.54, 1.807) is 6.20 Å². The zero-order valence-electron chi connectivity index (χ0n) is 15.8. The number of rotatable bonds is 3. The van der Waals surface area contributed by atoms with Crippen molar-refractivity contribution in [1.29, 1.82) is 0 Å². The Hall–Kier alpha value is -2.25. The molecule has 0 fully saturated rings. The molecule has 0 unspecified atom stereocenters. The summed E-state index contributed by atoms with van der Waals surface area (Å²) < 4.78 is 39.3. The fourth-order valence-corrected chi connectivity index (χ4v) is 4.10. The van der Waals surface area contributed by atoms with Gasteiger partial charge in [-0.15, -0.1) is 0 Å². The van der Waals surface area contributed by atoms with Crippen LogP contribution in [0.3, 0.4) is 0 Å². The number of halogens is 4. The molecule has 1 aromatic heterocycles. The van der Waals surface area contributed by atoms with Crippen LogP contribution in [0.5, 0.6) is 0 Å². The second-order valence-electron chi connectivity index (χ2n) is 7.30. The number of hydrogen-bond donors (Lipinski definition) is 0. The third kappa shape index (κ3) is 4.51. The predicted molar refractivity (Wildman–Crippen MR) is 109 cm³/mol. The fourth-order valence-electron chi connectivity index (χ4n) is 3.48. The summed E-state index contributed by atoms with van der Waals surface area (Å²) in [5.74, 6) is 0.465. The topological polar surface area (TPSA) is 29.0 Å². The van der Waals surface area contributed by atoms with Crippen LogP contribution in [-0.4, -0.2) is 21.4 Å². The molecule has 2 heterocycles. The fraction of sp³-hybridized carbons (Fsp3) is 0.273. The molecular weight excluding hydrogens is 443 g/mol. The molecule has 150 valence electrons. The summed E-state index contributed by atoms with van der Waals surface area (Å²) in [7, 11) is 0. The highest BCUT2D eigenvalue weighted by Crippen LogP contribution is 2.31. The number of benzene rings is 2. The smallest absolute Gasteiger partial charge is 0.294 e. The van der Waals surface area contributed by atoms with E-state index in [9.17, 15) is 13.2 Å². The molecule has 0 bridgehead atoms. The van der Waals surface area contributed by atoms with Crippen LogP contribution < -0.4 is 0 Å². The summed E-state index contributed by atoms with van der Waals surface area (Å²) in [5.41, 5.74) is 4.41. The lowest BCUT2D eigenvalue weighted by Gasteiger charge is -2.28. The Morgan fingerprint density at radius 2 is 1.86 bits per heavy atom. The maximum Gasteiger partial charge on any atom is 0.416 e. The van der Waals surface area contributed by atoms with Crippen molar-refractivity contribution >= 4 is 15.9 Å². The molecule has 1 aliphatic heterocycles. The maximum absolute atomic E-state index is 12.7. The molecule has 0 saturated heterocycles. The summed E-state index contributed by atoms with van der Waals surface area (Å²) in [6.45, 7) is 4.53. The molecule has 0 amide bonds. The van der Waals surface area contributed by atoms with E-state index in [-0.39, 0.29) is 0 Å². The van der Waals surface area contributed by atoms with Gasteiger partial charge in [-0.2, -0.15) is 13.2 Å². The molecule has 0 aliphatic carbocycles. The van der Waals surface area contributed by atoms with Gasteiger partial charge in [0.05, 0.1) is 11.3 Å². The van der Waals surface area contributed by atoms with Gasteiger partial charge in [-0.1, -0.05) is 40.2 Å². The Bertz CT molecular complexity index is 1030. The average Bonchev–Trinajstić information content (AvgIpc) is 2.69. The molecule has 3 aromatic rings. The van der Waals surface area contributed by atoms with E-state index in [1.807, 2.05) is 0 Å². The van der Waals surface area contributed by atoms with Crippen LogP contribution in [0, 0.1) is 6.92 Å². The van der Waals surface area contributed by atoms with E-state index in [4.69, 9.17) is 0 Å². The summed E-state index contributed by atoms with van der Waals surface area (Å²) in [6.07, 6.45) is -1.76. The van der Waals surface area contributed by atoms with E-state index in [0.717, 1.165) is 53.9 Å². The predicted octanol–water partition coefficient (Wildman–Crippen LogP) is 5.79. The van der Waals surface area contributed by atoms with Crippen LogP contribution in [0.15, 0.2) is 53.1 Å². The molecule has 1 aliphatic rings. The third-order valence-corrected chi connectivity index (χ3v) is 5.82. The molecule has 3 nitrogen and oxygen atoms in total. The van der Waals surface area contributed by atoms with Crippen LogP contribution in [0.4, 0.5) is 13.2 Å². The SMILES string of the molecule is Cc1ccc(CN2CCc3nc(-c4ccc(C(F)(F)F)cc4)ncc3C2)c(Br)c1. The van der Waals surface area contributed by atoms with Crippen LogP contribution in [0.1, 0.15) is 27.9 Å². The van der Waals surface area contributed by atoms with Crippen molar-refractivity contribution < 1.29 is 13.2 Å². The number of fused-ring (bicyclic) bond motifs is 1. The van der Waals surface area contributed by atoms with E-state index in [2.05, 4.69) is 55.9 Å². The van der Waals surface area contributed by atoms with Crippen molar-refractivity contribution in [3.8, 4) is 11.4 Å². The Labute approximate surface area is 175 Å². The standard InChI is InChI=1S/C22H19BrF3N3/c1-14-2-3-16(19(23)10-14)12-29-9-8-20-17(13-29)11-27-21(28-20)15-4-6-18(7-5-15)22(24,25)26/h2-7,10-11H,8-9,12-13H2,1H3. The molecule has 0 saturated carbocycles. The van der Waals surface area contributed by atoms with E-state index >= 15 is 0 Å². The molecular formula is C22H19BrF3N3. The minimum absolute atomic E-state index is 0.465. The Kier molecular flexibility index (Phi) is 5.44. The highest BCUT2D eigenvalue weighted by molar-refractivity contribution is 9.10. The number of aryl methyl sites for hydroxylation is 1. The first-order chi connectivity index (χ1) is 13.8. The lowest BCUT2D eigenvalue weighted by molar-refractivity contribution is -0.137. The Morgan fingerprint density at radius 1 is 1.10 bits per heavy atom. The molecule has 2 aromatic carbocycles. The van der Waals surface area contributed by atoms with Crippen molar-refractivity contribution in [2.24, 2.45) is 0 Å². The van der Waals surface area contributed by atoms with Crippen LogP contribution >= 0.6 is 15.9 Å². The molecule has 0 N–H and O–H groups in total. The van der Waals surface area contributed by atoms with Gasteiger partial charge in [0.25, 0.3) is 0 Å². The molecule has 0 atom stereocenters. The van der Waals surface area contributed by atoms with Crippen LogP contribution in [0.2, 0.25) is 0 Å². The van der Waals surface area contributed by atoms with Gasteiger partial charge in [0.2, 0.25) is 0 Å². The van der Waals surface area contributed by atoms with Gasteiger partial charge in [-0.25, -0.2) is 9.97 Å². The van der Waals surface area contributed by atoms with Gasteiger partial charge in [0, 0.05) is 47.9 Å². The Morgan fingerprint density at radius 3 is 2.55 bits per heavy atom. The average molecular weight is 462 g/mol. The zero-order valence-corrected chi connectivity index (χ0v) is 17.4. The van der Waals surface area contributed by atoms with Gasteiger partial charge in [-0.3, -0.25) is 4.90 Å². The van der Waals surface area contributed by atoms with Crippen LogP contribution in [0.25, 0.3) is 11.4 Å². The van der Waals surface area contributed by atoms with Gasteiger partial charge < -0.3 is 0 Å². The summed E-state index contributed by atoms with van der Waals surface area (Å²) in [6, 6.07) is 11.4. The largest absolute Gasteiger partial charge is 0.416 e. The van der Waals surface area contributed by atoms with Crippen molar-refractivity contribution in [2.45, 2.75) is 32.6 Å². The number of aromatic nitrogens is 2. The lowest BCUT2D eigenvalue weighted by atomic mass is 10.0. The normalized spacial score (nSPS) is 14.7. The quantitative estimate of drug-likeness (QED) is 0.494. The second kappa shape index (κ2) is 7.88. The van der Waals surface area contributed by atoms with Gasteiger partial charge in [-0.05, 0) is 36.2 Å². The van der Waals surface area contributed by atoms with Crippen LogP contribution in [-0.2, 0) is 25.7 Å². The minimum atomic E-state index is -4.34. The van der Waals surface area contributed by atoms with Crippen molar-refractivity contribution in [3.63, 3.8) is 0 Å². The number of nitrogens with zero attached hydrogens (tertiary/aromatic N) is 3. The molecule has 0 radical (unpaired) electrons. The van der Waals surface area contributed by atoms with E-state index in [0.29, 0.717) is 11.4 Å². The number of hydrogen-bond acceptors (Lipinski definition) is 3. The van der Waals surface area contributed by atoms with Gasteiger partial charge in [0.1, 0.15) is 0 Å². The molecule has 0 spiro atoms. The number of alkyl halides is 3. The summed E-state index contributed by atoms with van der Waals surface area (Å²) in [4.78, 5) is 11.4. The van der Waals surface area contributed by atoms with Gasteiger partial charge in [0.15, 0.2) is 5.82 Å². The lowest BCUT2D eigenvalue weighted by Crippen LogP contribution is -2.31. The van der Waals surface area contributed by atoms with Crippen molar-refractivity contribution in [3.05, 3.63) is 81.1 Å². The highest BCUT2D eigenvalue weighted by atomic mass is 79.9. The molecule has 7 heteroatoms. The summed E-state index contributed by atoms with van der Waals surface area (Å²) >= 11 is 3.64. The first kappa shape index (κ1) is 20.0.